The molecule has 1 aromatic carbocycles. The standard InChI is InChI=1S/C12H11ClIN3O/c1-7(8-3-2-4-9(13)5-8)17-11-10(14)12(18)16-6-15-11/h2-7H,1H3,(H2,15,16,17,18). The van der Waals surface area contributed by atoms with Crippen molar-refractivity contribution >= 4 is 40.0 Å². The smallest absolute Gasteiger partial charge is 0.266 e. The van der Waals surface area contributed by atoms with Crippen LogP contribution in [0.4, 0.5) is 5.82 Å². The van der Waals surface area contributed by atoms with E-state index in [0.29, 0.717) is 14.4 Å². The highest BCUT2D eigenvalue weighted by atomic mass is 127. The molecule has 2 rings (SSSR count). The van der Waals surface area contributed by atoms with E-state index in [1.807, 2.05) is 53.8 Å². The third-order valence-electron chi connectivity index (χ3n) is 2.50. The van der Waals surface area contributed by atoms with Crippen LogP contribution in [0.25, 0.3) is 0 Å². The molecule has 0 aliphatic carbocycles. The molecule has 1 aromatic heterocycles. The van der Waals surface area contributed by atoms with E-state index in [1.54, 1.807) is 0 Å². The number of anilines is 1. The first-order valence-corrected chi connectivity index (χ1v) is 6.79. The lowest BCUT2D eigenvalue weighted by Crippen LogP contribution is -2.16. The van der Waals surface area contributed by atoms with Gasteiger partial charge in [0.25, 0.3) is 5.56 Å². The summed E-state index contributed by atoms with van der Waals surface area (Å²) in [7, 11) is 0. The Morgan fingerprint density at radius 2 is 2.28 bits per heavy atom. The first-order valence-electron chi connectivity index (χ1n) is 5.33. The number of benzene rings is 1. The molecule has 18 heavy (non-hydrogen) atoms. The maximum absolute atomic E-state index is 11.4. The molecule has 0 bridgehead atoms. The molecule has 94 valence electrons. The number of rotatable bonds is 3. The molecule has 0 fully saturated rings. The molecule has 1 atom stereocenters. The Bertz CT molecular complexity index is 614. The van der Waals surface area contributed by atoms with Gasteiger partial charge >= 0.3 is 0 Å². The van der Waals surface area contributed by atoms with Crippen molar-refractivity contribution in [1.29, 1.82) is 0 Å². The molecular weight excluding hydrogens is 365 g/mol. The maximum atomic E-state index is 11.4. The number of H-pyrrole nitrogens is 1. The Kier molecular flexibility index (Phi) is 4.23. The van der Waals surface area contributed by atoms with E-state index in [1.165, 1.54) is 6.33 Å². The minimum Gasteiger partial charge on any atom is -0.362 e. The van der Waals surface area contributed by atoms with Crippen LogP contribution in [0.5, 0.6) is 0 Å². The number of nitrogens with one attached hydrogen (secondary N) is 2. The summed E-state index contributed by atoms with van der Waals surface area (Å²) in [6, 6.07) is 7.61. The highest BCUT2D eigenvalue weighted by Crippen LogP contribution is 2.21. The molecule has 6 heteroatoms. The van der Waals surface area contributed by atoms with Crippen molar-refractivity contribution < 1.29 is 0 Å². The van der Waals surface area contributed by atoms with E-state index in [9.17, 15) is 4.79 Å². The van der Waals surface area contributed by atoms with Gasteiger partial charge in [-0.2, -0.15) is 0 Å². The Labute approximate surface area is 123 Å². The van der Waals surface area contributed by atoms with Gasteiger partial charge in [0.05, 0.1) is 12.4 Å². The second kappa shape index (κ2) is 5.71. The quantitative estimate of drug-likeness (QED) is 0.810. The third-order valence-corrected chi connectivity index (χ3v) is 3.73. The number of hydrogen-bond donors (Lipinski definition) is 2. The number of hydrogen-bond acceptors (Lipinski definition) is 3. The SMILES string of the molecule is CC(Nc1nc[nH]c(=O)c1I)c1cccc(Cl)c1. The highest BCUT2D eigenvalue weighted by molar-refractivity contribution is 14.1. The normalized spacial score (nSPS) is 12.2. The Morgan fingerprint density at radius 3 is 3.00 bits per heavy atom. The summed E-state index contributed by atoms with van der Waals surface area (Å²) in [5, 5.41) is 3.89. The lowest BCUT2D eigenvalue weighted by molar-refractivity contribution is 0.867. The molecule has 2 aromatic rings. The maximum Gasteiger partial charge on any atom is 0.266 e. The molecule has 4 nitrogen and oxygen atoms in total. The lowest BCUT2D eigenvalue weighted by atomic mass is 10.1. The van der Waals surface area contributed by atoms with E-state index in [2.05, 4.69) is 15.3 Å². The van der Waals surface area contributed by atoms with E-state index in [4.69, 9.17) is 11.6 Å². The molecular formula is C12H11ClIN3O. The third kappa shape index (κ3) is 3.02. The Morgan fingerprint density at radius 1 is 1.50 bits per heavy atom. The van der Waals surface area contributed by atoms with Crippen molar-refractivity contribution in [1.82, 2.24) is 9.97 Å². The second-order valence-electron chi connectivity index (χ2n) is 3.82. The fourth-order valence-corrected chi connectivity index (χ4v) is 2.20. The van der Waals surface area contributed by atoms with Gasteiger partial charge in [-0.05, 0) is 47.2 Å². The number of aromatic amines is 1. The first-order chi connectivity index (χ1) is 8.58. The van der Waals surface area contributed by atoms with Gasteiger partial charge in [0.1, 0.15) is 9.39 Å². The van der Waals surface area contributed by atoms with Crippen LogP contribution < -0.4 is 10.9 Å². The van der Waals surface area contributed by atoms with Crippen LogP contribution in [0.2, 0.25) is 5.02 Å². The van der Waals surface area contributed by atoms with Gasteiger partial charge in [0.2, 0.25) is 0 Å². The van der Waals surface area contributed by atoms with Gasteiger partial charge in [-0.25, -0.2) is 4.98 Å². The number of halogens is 2. The van der Waals surface area contributed by atoms with E-state index >= 15 is 0 Å². The van der Waals surface area contributed by atoms with Crippen molar-refractivity contribution in [2.24, 2.45) is 0 Å². The van der Waals surface area contributed by atoms with E-state index < -0.39 is 0 Å². The van der Waals surface area contributed by atoms with Crippen LogP contribution in [-0.4, -0.2) is 9.97 Å². The largest absolute Gasteiger partial charge is 0.362 e. The van der Waals surface area contributed by atoms with Crippen LogP contribution in [0.1, 0.15) is 18.5 Å². The fourth-order valence-electron chi connectivity index (χ4n) is 1.55. The Hall–Kier alpha value is -1.08. The summed E-state index contributed by atoms with van der Waals surface area (Å²) < 4.78 is 0.545. The molecule has 0 spiro atoms. The summed E-state index contributed by atoms with van der Waals surface area (Å²) >= 11 is 7.92. The van der Waals surface area contributed by atoms with Crippen LogP contribution in [0, 0.1) is 3.57 Å². The molecule has 1 unspecified atom stereocenters. The fraction of sp³-hybridized carbons (Fsp3) is 0.167. The van der Waals surface area contributed by atoms with Crippen molar-refractivity contribution in [2.75, 3.05) is 5.32 Å². The molecule has 0 saturated heterocycles. The molecule has 0 aliphatic heterocycles. The summed E-state index contributed by atoms with van der Waals surface area (Å²) in [5.41, 5.74) is 0.895. The predicted octanol–water partition coefficient (Wildman–Crippen LogP) is 3.20. The van der Waals surface area contributed by atoms with Crippen molar-refractivity contribution in [3.63, 3.8) is 0 Å². The Balaban J connectivity index is 2.24. The van der Waals surface area contributed by atoms with Crippen LogP contribution in [0.15, 0.2) is 35.4 Å². The zero-order valence-electron chi connectivity index (χ0n) is 9.58. The minimum absolute atomic E-state index is 0.0199. The van der Waals surface area contributed by atoms with E-state index in [0.717, 1.165) is 5.56 Å². The lowest BCUT2D eigenvalue weighted by Gasteiger charge is -2.15. The minimum atomic E-state index is -0.147. The second-order valence-corrected chi connectivity index (χ2v) is 5.33. The summed E-state index contributed by atoms with van der Waals surface area (Å²) in [6.45, 7) is 1.99. The van der Waals surface area contributed by atoms with Gasteiger partial charge < -0.3 is 10.3 Å². The summed E-state index contributed by atoms with van der Waals surface area (Å²) in [6.07, 6.45) is 1.39. The monoisotopic (exact) mass is 375 g/mol. The number of aromatic nitrogens is 2. The first kappa shape index (κ1) is 13.4. The molecule has 1 heterocycles. The average Bonchev–Trinajstić information content (AvgIpc) is 2.35. The van der Waals surface area contributed by atoms with Crippen LogP contribution in [-0.2, 0) is 0 Å². The zero-order valence-corrected chi connectivity index (χ0v) is 12.5. The van der Waals surface area contributed by atoms with Gasteiger partial charge in [0.15, 0.2) is 0 Å². The predicted molar refractivity (Wildman–Crippen MR) is 81.1 cm³/mol. The summed E-state index contributed by atoms with van der Waals surface area (Å²) in [5.74, 6) is 0.576. The van der Waals surface area contributed by atoms with Crippen molar-refractivity contribution in [2.45, 2.75) is 13.0 Å². The highest BCUT2D eigenvalue weighted by Gasteiger charge is 2.10. The molecule has 0 amide bonds. The van der Waals surface area contributed by atoms with Gasteiger partial charge in [0, 0.05) is 5.02 Å². The molecule has 2 N–H and O–H groups in total. The van der Waals surface area contributed by atoms with Gasteiger partial charge in [-0.15, -0.1) is 0 Å². The van der Waals surface area contributed by atoms with Crippen LogP contribution >= 0.6 is 34.2 Å². The topological polar surface area (TPSA) is 57.8 Å². The molecule has 0 saturated carbocycles. The molecule has 0 aliphatic rings. The number of nitrogens with zero attached hydrogens (tertiary/aromatic N) is 1. The zero-order chi connectivity index (χ0) is 13.1. The summed E-state index contributed by atoms with van der Waals surface area (Å²) in [4.78, 5) is 18.1. The van der Waals surface area contributed by atoms with Crippen molar-refractivity contribution in [3.05, 3.63) is 55.1 Å². The molecule has 0 radical (unpaired) electrons. The average molecular weight is 376 g/mol. The van der Waals surface area contributed by atoms with E-state index in [-0.39, 0.29) is 11.6 Å². The van der Waals surface area contributed by atoms with Crippen molar-refractivity contribution in [3.8, 4) is 0 Å². The van der Waals surface area contributed by atoms with Crippen LogP contribution in [0.3, 0.4) is 0 Å². The van der Waals surface area contributed by atoms with Gasteiger partial charge in [-0.3, -0.25) is 4.79 Å². The van der Waals surface area contributed by atoms with Gasteiger partial charge in [-0.1, -0.05) is 23.7 Å².